The molecule has 1 atom stereocenters. The van der Waals surface area contributed by atoms with Gasteiger partial charge in [-0.1, -0.05) is 41.4 Å². The molecule has 2 heterocycles. The summed E-state index contributed by atoms with van der Waals surface area (Å²) in [6.45, 7) is 0. The number of halogens is 2. The van der Waals surface area contributed by atoms with Crippen LogP contribution in [-0.4, -0.2) is 20.8 Å². The minimum atomic E-state index is -0.112. The van der Waals surface area contributed by atoms with E-state index < -0.39 is 0 Å². The van der Waals surface area contributed by atoms with Crippen LogP contribution in [-0.2, 0) is 0 Å². The molecule has 0 aliphatic heterocycles. The predicted octanol–water partition coefficient (Wildman–Crippen LogP) is 6.54. The summed E-state index contributed by atoms with van der Waals surface area (Å²) in [5.41, 5.74) is 4.38. The van der Waals surface area contributed by atoms with Crippen LogP contribution in [0.2, 0.25) is 10.0 Å². The van der Waals surface area contributed by atoms with Crippen molar-refractivity contribution in [2.24, 2.45) is 0 Å². The molecule has 0 radical (unpaired) electrons. The lowest BCUT2D eigenvalue weighted by Crippen LogP contribution is -2.11. The average Bonchev–Trinajstić information content (AvgIpc) is 3.36. The minimum absolute atomic E-state index is 0.112. The average molecular weight is 414 g/mol. The lowest BCUT2D eigenvalue weighted by Gasteiger charge is -2.21. The molecule has 6 heteroatoms. The Morgan fingerprint density at radius 3 is 2.52 bits per heavy atom. The standard InChI is InChI=1S/C21H17Cl2N3S/c1-27-16-5-2-14(3-6-16)18-11-25-12-19(18)21(26-9-8-24-13-26)17-7-4-15(22)10-20(17)23/h2-13,21,25H,1H3/t21-/m0/s1. The van der Waals surface area contributed by atoms with Crippen LogP contribution >= 0.6 is 35.0 Å². The van der Waals surface area contributed by atoms with Crippen molar-refractivity contribution in [2.45, 2.75) is 10.9 Å². The first-order valence-electron chi connectivity index (χ1n) is 8.41. The third-order valence-electron chi connectivity index (χ3n) is 4.55. The highest BCUT2D eigenvalue weighted by atomic mass is 35.5. The second-order valence-electron chi connectivity index (χ2n) is 6.13. The quantitative estimate of drug-likeness (QED) is 0.376. The van der Waals surface area contributed by atoms with Gasteiger partial charge in [0.05, 0.1) is 12.4 Å². The van der Waals surface area contributed by atoms with Gasteiger partial charge >= 0.3 is 0 Å². The summed E-state index contributed by atoms with van der Waals surface area (Å²) >= 11 is 14.4. The van der Waals surface area contributed by atoms with Crippen LogP contribution < -0.4 is 0 Å². The van der Waals surface area contributed by atoms with E-state index in [9.17, 15) is 0 Å². The van der Waals surface area contributed by atoms with E-state index in [0.29, 0.717) is 10.0 Å². The Hall–Kier alpha value is -2.14. The molecule has 4 rings (SSSR count). The summed E-state index contributed by atoms with van der Waals surface area (Å²) in [5, 5.41) is 1.25. The molecule has 0 amide bonds. The fourth-order valence-corrected chi connectivity index (χ4v) is 4.18. The molecule has 0 saturated heterocycles. The molecule has 136 valence electrons. The molecule has 0 spiro atoms. The fraction of sp³-hybridized carbons (Fsp3) is 0.0952. The van der Waals surface area contributed by atoms with E-state index in [4.69, 9.17) is 23.2 Å². The smallest absolute Gasteiger partial charge is 0.0954 e. The molecule has 0 aliphatic carbocycles. The Bertz CT molecular complexity index is 1040. The molecule has 0 aliphatic rings. The number of hydrogen-bond acceptors (Lipinski definition) is 2. The van der Waals surface area contributed by atoms with Crippen molar-refractivity contribution in [3.63, 3.8) is 0 Å². The molecule has 0 saturated carbocycles. The van der Waals surface area contributed by atoms with E-state index >= 15 is 0 Å². The number of thioether (sulfide) groups is 1. The summed E-state index contributed by atoms with van der Waals surface area (Å²) in [7, 11) is 0. The van der Waals surface area contributed by atoms with Gasteiger partial charge in [-0.3, -0.25) is 0 Å². The van der Waals surface area contributed by atoms with Gasteiger partial charge in [0.2, 0.25) is 0 Å². The maximum atomic E-state index is 6.56. The van der Waals surface area contributed by atoms with Gasteiger partial charge in [0.25, 0.3) is 0 Å². The zero-order chi connectivity index (χ0) is 18.8. The number of rotatable bonds is 5. The summed E-state index contributed by atoms with van der Waals surface area (Å²) < 4.78 is 2.05. The minimum Gasteiger partial charge on any atom is -0.367 e. The van der Waals surface area contributed by atoms with Crippen LogP contribution in [0.4, 0.5) is 0 Å². The summed E-state index contributed by atoms with van der Waals surface area (Å²) in [5.74, 6) is 0. The van der Waals surface area contributed by atoms with Gasteiger partial charge in [0.15, 0.2) is 0 Å². The second kappa shape index (κ2) is 7.85. The van der Waals surface area contributed by atoms with Gasteiger partial charge < -0.3 is 9.55 Å². The molecule has 0 bridgehead atoms. The highest BCUT2D eigenvalue weighted by molar-refractivity contribution is 7.98. The lowest BCUT2D eigenvalue weighted by molar-refractivity contribution is 0.679. The van der Waals surface area contributed by atoms with Crippen molar-refractivity contribution in [1.82, 2.24) is 14.5 Å². The lowest BCUT2D eigenvalue weighted by atomic mass is 9.94. The van der Waals surface area contributed by atoms with E-state index in [-0.39, 0.29) is 6.04 Å². The van der Waals surface area contributed by atoms with Crippen molar-refractivity contribution in [3.05, 3.63) is 94.8 Å². The van der Waals surface area contributed by atoms with E-state index in [1.54, 1.807) is 24.0 Å². The number of benzene rings is 2. The van der Waals surface area contributed by atoms with E-state index in [2.05, 4.69) is 45.1 Å². The molecule has 3 nitrogen and oxygen atoms in total. The van der Waals surface area contributed by atoms with Crippen molar-refractivity contribution in [3.8, 4) is 11.1 Å². The number of imidazole rings is 1. The number of aromatic amines is 1. The van der Waals surface area contributed by atoms with E-state index in [1.165, 1.54) is 4.90 Å². The van der Waals surface area contributed by atoms with Gasteiger partial charge in [-0.2, -0.15) is 0 Å². The Balaban J connectivity index is 1.86. The number of H-pyrrole nitrogens is 1. The SMILES string of the molecule is CSc1ccc(-c2c[nH]cc2[C@H](c2ccc(Cl)cc2Cl)n2ccnc2)cc1. The molecule has 27 heavy (non-hydrogen) atoms. The van der Waals surface area contributed by atoms with Crippen molar-refractivity contribution in [2.75, 3.05) is 6.26 Å². The Labute approximate surface area is 172 Å². The number of aromatic nitrogens is 3. The summed E-state index contributed by atoms with van der Waals surface area (Å²) in [6.07, 6.45) is 11.7. The first-order valence-corrected chi connectivity index (χ1v) is 10.4. The normalized spacial score (nSPS) is 12.3. The monoisotopic (exact) mass is 413 g/mol. The maximum absolute atomic E-state index is 6.56. The van der Waals surface area contributed by atoms with Crippen molar-refractivity contribution >= 4 is 35.0 Å². The van der Waals surface area contributed by atoms with Crippen molar-refractivity contribution < 1.29 is 0 Å². The molecule has 2 aromatic carbocycles. The highest BCUT2D eigenvalue weighted by Gasteiger charge is 2.23. The summed E-state index contributed by atoms with van der Waals surface area (Å²) in [6, 6.07) is 14.1. The fourth-order valence-electron chi connectivity index (χ4n) is 3.26. The highest BCUT2D eigenvalue weighted by Crippen LogP contribution is 2.38. The van der Waals surface area contributed by atoms with Crippen LogP contribution in [0, 0.1) is 0 Å². The van der Waals surface area contributed by atoms with Gasteiger partial charge in [-0.15, -0.1) is 11.8 Å². The topological polar surface area (TPSA) is 33.6 Å². The van der Waals surface area contributed by atoms with E-state index in [1.807, 2.05) is 37.1 Å². The summed E-state index contributed by atoms with van der Waals surface area (Å²) in [4.78, 5) is 8.73. The largest absolute Gasteiger partial charge is 0.367 e. The predicted molar refractivity (Wildman–Crippen MR) is 114 cm³/mol. The Morgan fingerprint density at radius 2 is 1.85 bits per heavy atom. The van der Waals surface area contributed by atoms with Crippen LogP contribution in [0.1, 0.15) is 17.2 Å². The first-order chi connectivity index (χ1) is 13.2. The second-order valence-corrected chi connectivity index (χ2v) is 7.85. The maximum Gasteiger partial charge on any atom is 0.0954 e. The van der Waals surface area contributed by atoms with Gasteiger partial charge in [0, 0.05) is 50.9 Å². The van der Waals surface area contributed by atoms with E-state index in [0.717, 1.165) is 22.3 Å². The van der Waals surface area contributed by atoms with Crippen LogP contribution in [0.5, 0.6) is 0 Å². The number of hydrogen-bond donors (Lipinski definition) is 1. The Morgan fingerprint density at radius 1 is 1.04 bits per heavy atom. The van der Waals surface area contributed by atoms with Gasteiger partial charge in [-0.25, -0.2) is 4.98 Å². The van der Waals surface area contributed by atoms with Crippen LogP contribution in [0.15, 0.2) is 78.5 Å². The van der Waals surface area contributed by atoms with Crippen LogP contribution in [0.25, 0.3) is 11.1 Å². The van der Waals surface area contributed by atoms with Crippen molar-refractivity contribution in [1.29, 1.82) is 0 Å². The molecular weight excluding hydrogens is 397 g/mol. The molecule has 2 aromatic heterocycles. The molecular formula is C21H17Cl2N3S. The number of nitrogens with zero attached hydrogens (tertiary/aromatic N) is 2. The zero-order valence-corrected chi connectivity index (χ0v) is 16.9. The van der Waals surface area contributed by atoms with Gasteiger partial charge in [0.1, 0.15) is 0 Å². The number of nitrogens with one attached hydrogen (secondary N) is 1. The molecule has 0 unspecified atom stereocenters. The Kier molecular flexibility index (Phi) is 5.30. The van der Waals surface area contributed by atoms with Crippen LogP contribution in [0.3, 0.4) is 0 Å². The molecule has 1 N–H and O–H groups in total. The molecule has 4 aromatic rings. The zero-order valence-electron chi connectivity index (χ0n) is 14.6. The first kappa shape index (κ1) is 18.2. The molecule has 0 fully saturated rings. The van der Waals surface area contributed by atoms with Gasteiger partial charge in [-0.05, 0) is 41.6 Å². The third-order valence-corrected chi connectivity index (χ3v) is 5.86. The third kappa shape index (κ3) is 3.65.